The van der Waals surface area contributed by atoms with Crippen molar-refractivity contribution in [2.45, 2.75) is 91.7 Å². The van der Waals surface area contributed by atoms with Gasteiger partial charge in [0.05, 0.1) is 34.7 Å². The Labute approximate surface area is 226 Å². The van der Waals surface area contributed by atoms with Crippen molar-refractivity contribution in [1.29, 1.82) is 0 Å². The number of rotatable bonds is 2. The highest BCUT2D eigenvalue weighted by Gasteiger charge is 2.49. The van der Waals surface area contributed by atoms with Crippen molar-refractivity contribution in [3.05, 3.63) is 33.3 Å². The molecular weight excluding hydrogens is 519 g/mol. The zero-order valence-corrected chi connectivity index (χ0v) is 23.5. The Morgan fingerprint density at radius 1 is 1.21 bits per heavy atom. The molecule has 1 aliphatic carbocycles. The fraction of sp³-hybridized carbons (Fsp3) is 0.679. The van der Waals surface area contributed by atoms with Crippen LogP contribution in [0.2, 0.25) is 0 Å². The second-order valence-corrected chi connectivity index (χ2v) is 12.5. The van der Waals surface area contributed by atoms with Gasteiger partial charge in [-0.15, -0.1) is 11.3 Å². The van der Waals surface area contributed by atoms with Crippen LogP contribution in [0.3, 0.4) is 0 Å². The number of carbonyl (C=O) groups is 2. The van der Waals surface area contributed by atoms with Gasteiger partial charge in [-0.1, -0.05) is 33.8 Å². The van der Waals surface area contributed by atoms with Gasteiger partial charge in [-0.25, -0.2) is 4.98 Å². The second kappa shape index (κ2) is 11.6. The molecule has 38 heavy (non-hydrogen) atoms. The molecule has 1 aliphatic heterocycles. The Bertz CT molecular complexity index is 1090. The van der Waals surface area contributed by atoms with Crippen LogP contribution in [-0.2, 0) is 14.3 Å². The molecule has 2 heterocycles. The van der Waals surface area contributed by atoms with Crippen LogP contribution in [0.25, 0.3) is 6.08 Å². The van der Waals surface area contributed by atoms with Gasteiger partial charge in [-0.3, -0.25) is 9.59 Å². The Morgan fingerprint density at radius 2 is 1.87 bits per heavy atom. The topological polar surface area (TPSA) is 96.7 Å². The Balaban J connectivity index is 1.98. The molecule has 1 aromatic rings. The Kier molecular flexibility index (Phi) is 9.31. The Hall–Kier alpha value is -2.04. The molecule has 0 spiro atoms. The number of aliphatic hydroxyl groups excluding tert-OH is 2. The number of carbonyl (C=O) groups excluding carboxylic acids is 2. The molecule has 6 nitrogen and oxygen atoms in total. The normalized spacial score (nSPS) is 33.8. The molecule has 212 valence electrons. The van der Waals surface area contributed by atoms with Crippen LogP contribution in [-0.4, -0.2) is 51.4 Å². The van der Waals surface area contributed by atoms with E-state index in [1.54, 1.807) is 32.2 Å². The number of hydrogen-bond donors (Lipinski definition) is 2. The minimum Gasteiger partial charge on any atom is -0.457 e. The standard InChI is InChI=1S/C28H38F3NO5S/c1-14(9-20-13-38-17(4)32-20)22-8-7-19(28(29,30)31)10-18-11-21(18)15(2)25(35)16(3)26(36)27(5,6)23(33)12-24(34)37-22/h7,9,13,15-16,18,21-23,25,33,35H,8,10-12H2,1-6H3/t15-,16+,18?,21?,22-,23-,25-/m0/s1. The van der Waals surface area contributed by atoms with E-state index in [-0.39, 0.29) is 24.7 Å². The molecule has 0 aromatic carbocycles. The zero-order valence-electron chi connectivity index (χ0n) is 22.7. The van der Waals surface area contributed by atoms with Crippen LogP contribution in [0.15, 0.2) is 22.6 Å². The molecule has 2 N–H and O–H groups in total. The van der Waals surface area contributed by atoms with Gasteiger partial charge in [-0.05, 0) is 56.1 Å². The Morgan fingerprint density at radius 3 is 2.45 bits per heavy atom. The molecule has 1 fully saturated rings. The van der Waals surface area contributed by atoms with Crippen molar-refractivity contribution in [2.75, 3.05) is 0 Å². The van der Waals surface area contributed by atoms with Gasteiger partial charge >= 0.3 is 12.1 Å². The first kappa shape index (κ1) is 30.5. The quantitative estimate of drug-likeness (QED) is 0.360. The van der Waals surface area contributed by atoms with Crippen LogP contribution < -0.4 is 0 Å². The molecule has 0 bridgehead atoms. The summed E-state index contributed by atoms with van der Waals surface area (Å²) >= 11 is 1.42. The van der Waals surface area contributed by atoms with Crippen molar-refractivity contribution >= 4 is 29.2 Å². The van der Waals surface area contributed by atoms with Crippen molar-refractivity contribution in [2.24, 2.45) is 29.1 Å². The highest BCUT2D eigenvalue weighted by molar-refractivity contribution is 7.09. The summed E-state index contributed by atoms with van der Waals surface area (Å²) in [5, 5.41) is 24.4. The number of aliphatic hydroxyl groups is 2. The summed E-state index contributed by atoms with van der Waals surface area (Å²) in [6.45, 7) is 9.86. The lowest BCUT2D eigenvalue weighted by molar-refractivity contribution is -0.154. The number of hydrogen-bond acceptors (Lipinski definition) is 7. The van der Waals surface area contributed by atoms with Crippen LogP contribution in [0, 0.1) is 36.0 Å². The lowest BCUT2D eigenvalue weighted by Gasteiger charge is -2.34. The van der Waals surface area contributed by atoms with Crippen LogP contribution in [0.4, 0.5) is 13.2 Å². The summed E-state index contributed by atoms with van der Waals surface area (Å²) in [6.07, 6.45) is -5.66. The maximum atomic E-state index is 14.0. The van der Waals surface area contributed by atoms with E-state index < -0.39 is 65.5 Å². The number of aromatic nitrogens is 1. The van der Waals surface area contributed by atoms with E-state index in [1.807, 2.05) is 6.92 Å². The highest BCUT2D eigenvalue weighted by Crippen LogP contribution is 2.51. The number of aryl methyl sites for hydroxylation is 1. The maximum Gasteiger partial charge on any atom is 0.412 e. The van der Waals surface area contributed by atoms with Crippen molar-refractivity contribution < 1.29 is 37.7 Å². The third kappa shape index (κ3) is 7.12. The van der Waals surface area contributed by atoms with E-state index >= 15 is 0 Å². The lowest BCUT2D eigenvalue weighted by atomic mass is 9.72. The molecule has 2 aliphatic rings. The van der Waals surface area contributed by atoms with Gasteiger partial charge < -0.3 is 14.9 Å². The summed E-state index contributed by atoms with van der Waals surface area (Å²) in [7, 11) is 0. The molecule has 7 atom stereocenters. The number of ether oxygens (including phenoxy) is 1. The number of alkyl halides is 3. The molecule has 0 radical (unpaired) electrons. The average molecular weight is 558 g/mol. The fourth-order valence-corrected chi connectivity index (χ4v) is 5.90. The van der Waals surface area contributed by atoms with Crippen molar-refractivity contribution in [3.8, 4) is 0 Å². The number of allylic oxidation sites excluding steroid dienone is 1. The summed E-state index contributed by atoms with van der Waals surface area (Å²) in [6, 6.07) is 0. The first-order chi connectivity index (χ1) is 17.5. The van der Waals surface area contributed by atoms with Gasteiger partial charge in [0.15, 0.2) is 0 Å². The first-order valence-corrected chi connectivity index (χ1v) is 13.9. The maximum absolute atomic E-state index is 14.0. The number of thiazole rings is 1. The van der Waals surface area contributed by atoms with E-state index in [9.17, 15) is 33.0 Å². The minimum atomic E-state index is -4.55. The smallest absolute Gasteiger partial charge is 0.412 e. The van der Waals surface area contributed by atoms with E-state index in [2.05, 4.69) is 4.98 Å². The number of cyclic esters (lactones) is 1. The summed E-state index contributed by atoms with van der Waals surface area (Å²) in [5.41, 5.74) is -0.909. The number of esters is 1. The lowest BCUT2D eigenvalue weighted by Crippen LogP contribution is -2.46. The van der Waals surface area contributed by atoms with E-state index in [1.165, 1.54) is 25.2 Å². The second-order valence-electron chi connectivity index (χ2n) is 11.4. The van der Waals surface area contributed by atoms with E-state index in [4.69, 9.17) is 4.74 Å². The van der Waals surface area contributed by atoms with E-state index in [0.29, 0.717) is 17.7 Å². The van der Waals surface area contributed by atoms with Crippen LogP contribution in [0.1, 0.15) is 71.0 Å². The molecule has 0 amide bonds. The van der Waals surface area contributed by atoms with Gasteiger partial charge in [0.2, 0.25) is 0 Å². The minimum absolute atomic E-state index is 0.143. The zero-order chi connectivity index (χ0) is 28.6. The van der Waals surface area contributed by atoms with Gasteiger partial charge in [-0.2, -0.15) is 13.2 Å². The molecule has 3 rings (SSSR count). The predicted molar refractivity (Wildman–Crippen MR) is 139 cm³/mol. The van der Waals surface area contributed by atoms with Crippen LogP contribution >= 0.6 is 11.3 Å². The largest absolute Gasteiger partial charge is 0.457 e. The number of fused-ring (bicyclic) bond motifs is 1. The monoisotopic (exact) mass is 557 g/mol. The van der Waals surface area contributed by atoms with Gasteiger partial charge in [0.1, 0.15) is 11.9 Å². The molecule has 1 saturated carbocycles. The third-order valence-electron chi connectivity index (χ3n) is 8.16. The molecule has 1 aromatic heterocycles. The van der Waals surface area contributed by atoms with E-state index in [0.717, 1.165) is 11.1 Å². The number of ketones is 1. The SMILES string of the molecule is CC(=Cc1csc(C)n1)[C@@H]1CC=C(C(F)(F)F)CC2CC2[C@H](C)[C@H](O)[C@@H](C)C(=O)C(C)(C)[C@@H](O)CC(=O)O1. The van der Waals surface area contributed by atoms with Crippen LogP contribution in [0.5, 0.6) is 0 Å². The van der Waals surface area contributed by atoms with Crippen molar-refractivity contribution in [3.63, 3.8) is 0 Å². The first-order valence-electron chi connectivity index (χ1n) is 13.0. The number of halogens is 3. The summed E-state index contributed by atoms with van der Waals surface area (Å²) < 4.78 is 47.5. The third-order valence-corrected chi connectivity index (χ3v) is 8.96. The predicted octanol–water partition coefficient (Wildman–Crippen LogP) is 5.66. The highest BCUT2D eigenvalue weighted by atomic mass is 32.1. The van der Waals surface area contributed by atoms with Gasteiger partial charge in [0.25, 0.3) is 0 Å². The summed E-state index contributed by atoms with van der Waals surface area (Å²) in [5.74, 6) is -2.91. The molecule has 10 heteroatoms. The number of Topliss-reactive ketones (excluding diaryl/α,β-unsaturated/α-hetero) is 1. The fourth-order valence-electron chi connectivity index (χ4n) is 5.33. The molecule has 0 saturated heterocycles. The molecule has 2 unspecified atom stereocenters. The molecular formula is C28H38F3NO5S. The number of nitrogens with zero attached hydrogens (tertiary/aromatic N) is 1. The average Bonchev–Trinajstić information content (AvgIpc) is 3.48. The van der Waals surface area contributed by atoms with Gasteiger partial charge in [0, 0.05) is 23.3 Å². The van der Waals surface area contributed by atoms with Crippen molar-refractivity contribution in [1.82, 2.24) is 4.98 Å². The summed E-state index contributed by atoms with van der Waals surface area (Å²) in [4.78, 5) is 30.5.